The molecule has 1 heterocycles. The van der Waals surface area contributed by atoms with Crippen LogP contribution in [0.15, 0.2) is 12.3 Å². The molecule has 6 nitrogen and oxygen atoms in total. The number of anilines is 2. The van der Waals surface area contributed by atoms with Crippen LogP contribution in [-0.2, 0) is 4.74 Å². The molecule has 0 saturated heterocycles. The van der Waals surface area contributed by atoms with Gasteiger partial charge in [-0.15, -0.1) is 0 Å². The highest BCUT2D eigenvalue weighted by molar-refractivity contribution is 5.95. The highest BCUT2D eigenvalue weighted by Crippen LogP contribution is 2.19. The number of nitrogen functional groups attached to an aromatic ring is 1. The van der Waals surface area contributed by atoms with Gasteiger partial charge in [0.25, 0.3) is 0 Å². The monoisotopic (exact) mass is 294 g/mol. The van der Waals surface area contributed by atoms with Gasteiger partial charge in [-0.3, -0.25) is 0 Å². The molecule has 0 amide bonds. The van der Waals surface area contributed by atoms with Crippen molar-refractivity contribution >= 4 is 17.5 Å². The summed E-state index contributed by atoms with van der Waals surface area (Å²) in [6.07, 6.45) is 1.54. The minimum atomic E-state index is -0.410. The third-order valence-electron chi connectivity index (χ3n) is 3.09. The van der Waals surface area contributed by atoms with Crippen LogP contribution in [0.25, 0.3) is 0 Å². The van der Waals surface area contributed by atoms with Crippen LogP contribution in [0, 0.1) is 5.92 Å². The SMILES string of the molecule is CCOC(=O)c1cc(N)cnc1NC(CN(C)C)C(C)C. The van der Waals surface area contributed by atoms with Gasteiger partial charge < -0.3 is 20.7 Å². The number of nitrogens with one attached hydrogen (secondary N) is 1. The van der Waals surface area contributed by atoms with Gasteiger partial charge >= 0.3 is 5.97 Å². The Hall–Kier alpha value is -1.82. The van der Waals surface area contributed by atoms with Gasteiger partial charge in [-0.05, 0) is 33.0 Å². The molecule has 1 aromatic rings. The summed E-state index contributed by atoms with van der Waals surface area (Å²) < 4.78 is 5.06. The number of ether oxygens (including phenoxy) is 1. The molecule has 21 heavy (non-hydrogen) atoms. The number of esters is 1. The maximum atomic E-state index is 12.0. The van der Waals surface area contributed by atoms with E-state index in [2.05, 4.69) is 29.0 Å². The van der Waals surface area contributed by atoms with Crippen molar-refractivity contribution in [1.29, 1.82) is 0 Å². The highest BCUT2D eigenvalue weighted by atomic mass is 16.5. The first-order valence-corrected chi connectivity index (χ1v) is 7.19. The standard InChI is InChI=1S/C15H26N4O2/c1-6-21-15(20)12-7-11(16)8-17-14(12)18-13(10(2)3)9-19(4)5/h7-8,10,13H,6,9,16H2,1-5H3,(H,17,18). The van der Waals surface area contributed by atoms with Crippen molar-refractivity contribution in [3.8, 4) is 0 Å². The molecule has 118 valence electrons. The van der Waals surface area contributed by atoms with E-state index in [0.717, 1.165) is 6.54 Å². The number of nitrogens with two attached hydrogens (primary N) is 1. The zero-order valence-corrected chi connectivity index (χ0v) is 13.5. The summed E-state index contributed by atoms with van der Waals surface area (Å²) in [6.45, 7) is 7.18. The molecule has 0 aliphatic carbocycles. The molecule has 0 saturated carbocycles. The normalized spacial score (nSPS) is 12.5. The smallest absolute Gasteiger partial charge is 0.341 e. The van der Waals surface area contributed by atoms with Crippen LogP contribution in [0.4, 0.5) is 11.5 Å². The number of hydrogen-bond donors (Lipinski definition) is 2. The molecule has 0 aliphatic heterocycles. The summed E-state index contributed by atoms with van der Waals surface area (Å²) >= 11 is 0. The third kappa shape index (κ3) is 5.23. The van der Waals surface area contributed by atoms with Gasteiger partial charge in [-0.1, -0.05) is 13.8 Å². The van der Waals surface area contributed by atoms with Crippen LogP contribution in [0.2, 0.25) is 0 Å². The minimum absolute atomic E-state index is 0.171. The molecule has 3 N–H and O–H groups in total. The lowest BCUT2D eigenvalue weighted by atomic mass is 10.0. The van der Waals surface area contributed by atoms with Crippen molar-refractivity contribution in [3.05, 3.63) is 17.8 Å². The number of likely N-dealkylation sites (N-methyl/N-ethyl adjacent to an activating group) is 1. The first-order chi connectivity index (χ1) is 9.85. The zero-order chi connectivity index (χ0) is 16.0. The molecule has 0 bridgehead atoms. The third-order valence-corrected chi connectivity index (χ3v) is 3.09. The molecule has 0 aromatic carbocycles. The number of hydrogen-bond acceptors (Lipinski definition) is 6. The predicted octanol–water partition coefficient (Wildman–Crippen LogP) is 1.84. The summed E-state index contributed by atoms with van der Waals surface area (Å²) in [5, 5.41) is 3.34. The summed E-state index contributed by atoms with van der Waals surface area (Å²) in [4.78, 5) is 18.4. The van der Waals surface area contributed by atoms with E-state index in [9.17, 15) is 4.79 Å². The van der Waals surface area contributed by atoms with Gasteiger partial charge in [0, 0.05) is 12.6 Å². The molecule has 1 atom stereocenters. The van der Waals surface area contributed by atoms with Crippen molar-refractivity contribution in [1.82, 2.24) is 9.88 Å². The Balaban J connectivity index is 3.02. The Morgan fingerprint density at radius 2 is 2.14 bits per heavy atom. The number of pyridine rings is 1. The number of rotatable bonds is 7. The fraction of sp³-hybridized carbons (Fsp3) is 0.600. The Morgan fingerprint density at radius 3 is 2.67 bits per heavy atom. The molecule has 1 aromatic heterocycles. The summed E-state index contributed by atoms with van der Waals surface area (Å²) in [7, 11) is 4.03. The van der Waals surface area contributed by atoms with Crippen molar-refractivity contribution in [2.75, 3.05) is 38.3 Å². The van der Waals surface area contributed by atoms with E-state index < -0.39 is 5.97 Å². The van der Waals surface area contributed by atoms with Gasteiger partial charge in [0.2, 0.25) is 0 Å². The summed E-state index contributed by atoms with van der Waals surface area (Å²) in [5.74, 6) is 0.497. The van der Waals surface area contributed by atoms with Gasteiger partial charge in [0.15, 0.2) is 0 Å². The van der Waals surface area contributed by atoms with Crippen LogP contribution >= 0.6 is 0 Å². The second-order valence-corrected chi connectivity index (χ2v) is 5.64. The molecule has 1 rings (SSSR count). The van der Waals surface area contributed by atoms with Gasteiger partial charge in [-0.2, -0.15) is 0 Å². The lowest BCUT2D eigenvalue weighted by molar-refractivity contribution is 0.0527. The van der Waals surface area contributed by atoms with Gasteiger partial charge in [0.05, 0.1) is 18.5 Å². The van der Waals surface area contributed by atoms with E-state index in [1.807, 2.05) is 14.1 Å². The van der Waals surface area contributed by atoms with Crippen molar-refractivity contribution in [3.63, 3.8) is 0 Å². The second-order valence-electron chi connectivity index (χ2n) is 5.64. The maximum absolute atomic E-state index is 12.0. The van der Waals surface area contributed by atoms with E-state index in [1.165, 1.54) is 6.20 Å². The van der Waals surface area contributed by atoms with Crippen LogP contribution in [0.5, 0.6) is 0 Å². The average Bonchev–Trinajstić information content (AvgIpc) is 2.39. The molecule has 0 fully saturated rings. The fourth-order valence-corrected chi connectivity index (χ4v) is 1.95. The lowest BCUT2D eigenvalue weighted by Gasteiger charge is -2.26. The van der Waals surface area contributed by atoms with Crippen LogP contribution < -0.4 is 11.1 Å². The number of carbonyl (C=O) groups excluding carboxylic acids is 1. The Bertz CT molecular complexity index is 475. The quantitative estimate of drug-likeness (QED) is 0.747. The van der Waals surface area contributed by atoms with Crippen LogP contribution in [0.3, 0.4) is 0 Å². The molecule has 6 heteroatoms. The molecular formula is C15H26N4O2. The van der Waals surface area contributed by atoms with Crippen molar-refractivity contribution < 1.29 is 9.53 Å². The second kappa shape index (κ2) is 7.83. The Morgan fingerprint density at radius 1 is 1.48 bits per heavy atom. The van der Waals surface area contributed by atoms with Crippen LogP contribution in [-0.4, -0.2) is 49.1 Å². The molecule has 0 spiro atoms. The van der Waals surface area contributed by atoms with E-state index in [4.69, 9.17) is 10.5 Å². The lowest BCUT2D eigenvalue weighted by Crippen LogP contribution is -2.37. The molecule has 0 aliphatic rings. The van der Waals surface area contributed by atoms with Gasteiger partial charge in [0.1, 0.15) is 11.4 Å². The topological polar surface area (TPSA) is 80.5 Å². The largest absolute Gasteiger partial charge is 0.462 e. The number of nitrogens with zero attached hydrogens (tertiary/aromatic N) is 2. The van der Waals surface area contributed by atoms with E-state index in [0.29, 0.717) is 29.6 Å². The summed E-state index contributed by atoms with van der Waals surface area (Å²) in [6, 6.07) is 1.77. The van der Waals surface area contributed by atoms with Crippen LogP contribution in [0.1, 0.15) is 31.1 Å². The first-order valence-electron chi connectivity index (χ1n) is 7.19. The molecule has 1 unspecified atom stereocenters. The zero-order valence-electron chi connectivity index (χ0n) is 13.5. The fourth-order valence-electron chi connectivity index (χ4n) is 1.95. The van der Waals surface area contributed by atoms with E-state index in [-0.39, 0.29) is 6.04 Å². The first kappa shape index (κ1) is 17.2. The van der Waals surface area contributed by atoms with E-state index >= 15 is 0 Å². The predicted molar refractivity (Wildman–Crippen MR) is 85.4 cm³/mol. The average molecular weight is 294 g/mol. The number of aromatic nitrogens is 1. The molecule has 0 radical (unpaired) electrons. The Labute approximate surface area is 126 Å². The van der Waals surface area contributed by atoms with E-state index in [1.54, 1.807) is 13.0 Å². The maximum Gasteiger partial charge on any atom is 0.341 e. The summed E-state index contributed by atoms with van der Waals surface area (Å²) in [5.41, 5.74) is 6.54. The van der Waals surface area contributed by atoms with Gasteiger partial charge in [-0.25, -0.2) is 9.78 Å². The minimum Gasteiger partial charge on any atom is -0.462 e. The highest BCUT2D eigenvalue weighted by Gasteiger charge is 2.20. The molecular weight excluding hydrogens is 268 g/mol. The number of carbonyl (C=O) groups is 1. The van der Waals surface area contributed by atoms with Crippen molar-refractivity contribution in [2.24, 2.45) is 5.92 Å². The Kier molecular flexibility index (Phi) is 6.42. The van der Waals surface area contributed by atoms with Crippen molar-refractivity contribution in [2.45, 2.75) is 26.8 Å².